The first kappa shape index (κ1) is 16.5. The van der Waals surface area contributed by atoms with Crippen LogP contribution in [-0.2, 0) is 11.2 Å². The van der Waals surface area contributed by atoms with E-state index < -0.39 is 0 Å². The summed E-state index contributed by atoms with van der Waals surface area (Å²) < 4.78 is 2.09. The van der Waals surface area contributed by atoms with Crippen LogP contribution in [0.25, 0.3) is 11.8 Å². The quantitative estimate of drug-likeness (QED) is 0.855. The van der Waals surface area contributed by atoms with Gasteiger partial charge in [0.15, 0.2) is 0 Å². The number of benzene rings is 1. The molecule has 2 aromatic rings. The van der Waals surface area contributed by atoms with Gasteiger partial charge in [-0.15, -0.1) is 0 Å². The van der Waals surface area contributed by atoms with Crippen molar-refractivity contribution in [3.05, 3.63) is 52.8 Å². The second-order valence-electron chi connectivity index (χ2n) is 6.73. The average Bonchev–Trinajstić information content (AvgIpc) is 2.98. The van der Waals surface area contributed by atoms with Crippen LogP contribution >= 0.6 is 0 Å². The maximum atomic E-state index is 12.3. The largest absolute Gasteiger partial charge is 0.327 e. The van der Waals surface area contributed by atoms with Crippen molar-refractivity contribution in [3.63, 3.8) is 0 Å². The van der Waals surface area contributed by atoms with Gasteiger partial charge in [-0.2, -0.15) is 0 Å². The summed E-state index contributed by atoms with van der Waals surface area (Å²) in [6.45, 7) is 5.37. The second kappa shape index (κ2) is 6.65. The van der Waals surface area contributed by atoms with E-state index >= 15 is 0 Å². The van der Waals surface area contributed by atoms with Crippen molar-refractivity contribution in [1.82, 2.24) is 9.47 Å². The van der Waals surface area contributed by atoms with Gasteiger partial charge in [-0.05, 0) is 64.5 Å². The topological polar surface area (TPSA) is 37.3 Å². The molecule has 24 heavy (non-hydrogen) atoms. The molecule has 2 heterocycles. The Morgan fingerprint density at radius 2 is 1.96 bits per heavy atom. The summed E-state index contributed by atoms with van der Waals surface area (Å²) in [5.74, 6) is -0.0314. The van der Waals surface area contributed by atoms with Crippen LogP contribution in [0.1, 0.15) is 28.8 Å². The van der Waals surface area contributed by atoms with Crippen LogP contribution < -0.4 is 5.32 Å². The summed E-state index contributed by atoms with van der Waals surface area (Å²) in [5.41, 5.74) is 6.48. The number of aryl methyl sites for hydroxylation is 1. The highest BCUT2D eigenvalue weighted by Crippen LogP contribution is 2.32. The summed E-state index contributed by atoms with van der Waals surface area (Å²) in [7, 11) is 4.21. The molecule has 0 spiro atoms. The highest BCUT2D eigenvalue weighted by atomic mass is 16.2. The summed E-state index contributed by atoms with van der Waals surface area (Å²) in [6.07, 6.45) is 6.29. The predicted molar refractivity (Wildman–Crippen MR) is 100 cm³/mol. The average molecular weight is 323 g/mol. The zero-order chi connectivity index (χ0) is 17.3. The maximum absolute atomic E-state index is 12.3. The van der Waals surface area contributed by atoms with E-state index in [4.69, 9.17) is 0 Å². The van der Waals surface area contributed by atoms with Gasteiger partial charge in [0.1, 0.15) is 0 Å². The Labute approximate surface area is 143 Å². The Balaban J connectivity index is 1.90. The first-order valence-electron chi connectivity index (χ1n) is 8.41. The van der Waals surface area contributed by atoms with Gasteiger partial charge in [-0.25, -0.2) is 0 Å². The number of hydrogen-bond donors (Lipinski definition) is 1. The molecule has 1 amide bonds. The van der Waals surface area contributed by atoms with Crippen molar-refractivity contribution in [3.8, 4) is 0 Å². The van der Waals surface area contributed by atoms with E-state index in [-0.39, 0.29) is 5.91 Å². The van der Waals surface area contributed by atoms with Gasteiger partial charge in [0.05, 0.1) is 5.57 Å². The Hall–Kier alpha value is -2.33. The molecule has 0 saturated heterocycles. The second-order valence-corrected chi connectivity index (χ2v) is 6.73. The van der Waals surface area contributed by atoms with Crippen LogP contribution in [0.15, 0.2) is 30.5 Å². The van der Waals surface area contributed by atoms with Crippen molar-refractivity contribution < 1.29 is 4.79 Å². The SMILES string of the molecule is Cc1cn(C=C2C(=O)Nc3ccccc32)c(C)c1CCCN(C)C. The molecule has 1 N–H and O–H groups in total. The Bertz CT molecular complexity index is 799. The molecule has 4 nitrogen and oxygen atoms in total. The molecule has 3 rings (SSSR count). The molecule has 4 heteroatoms. The first-order chi connectivity index (χ1) is 11.5. The molecule has 0 saturated carbocycles. The number of fused-ring (bicyclic) bond motifs is 1. The number of carbonyl (C=O) groups excluding carboxylic acids is 1. The van der Waals surface area contributed by atoms with E-state index in [1.54, 1.807) is 0 Å². The van der Waals surface area contributed by atoms with Crippen LogP contribution in [0.5, 0.6) is 0 Å². The summed E-state index contributed by atoms with van der Waals surface area (Å²) >= 11 is 0. The normalized spacial score (nSPS) is 15.2. The molecule has 126 valence electrons. The molecule has 0 radical (unpaired) electrons. The van der Waals surface area contributed by atoms with Gasteiger partial charge in [-0.3, -0.25) is 4.79 Å². The van der Waals surface area contributed by atoms with Crippen molar-refractivity contribution in [2.45, 2.75) is 26.7 Å². The van der Waals surface area contributed by atoms with E-state index in [2.05, 4.69) is 48.9 Å². The number of aromatic nitrogens is 1. The fourth-order valence-corrected chi connectivity index (χ4v) is 3.31. The molecule has 0 aliphatic carbocycles. The van der Waals surface area contributed by atoms with Crippen molar-refractivity contribution in [2.24, 2.45) is 0 Å². The van der Waals surface area contributed by atoms with Gasteiger partial charge in [-0.1, -0.05) is 18.2 Å². The monoisotopic (exact) mass is 323 g/mol. The number of nitrogens with zero attached hydrogens (tertiary/aromatic N) is 2. The van der Waals surface area contributed by atoms with Gasteiger partial charge in [0.25, 0.3) is 5.91 Å². The van der Waals surface area contributed by atoms with Gasteiger partial charge >= 0.3 is 0 Å². The summed E-state index contributed by atoms with van der Waals surface area (Å²) in [4.78, 5) is 14.5. The van der Waals surface area contributed by atoms with Crippen molar-refractivity contribution in [2.75, 3.05) is 26.0 Å². The Morgan fingerprint density at radius 3 is 2.71 bits per heavy atom. The fraction of sp³-hybridized carbons (Fsp3) is 0.350. The van der Waals surface area contributed by atoms with Gasteiger partial charge in [0.2, 0.25) is 0 Å². The third-order valence-corrected chi connectivity index (χ3v) is 4.64. The van der Waals surface area contributed by atoms with E-state index in [9.17, 15) is 4.79 Å². The van der Waals surface area contributed by atoms with Crippen LogP contribution in [-0.4, -0.2) is 36.0 Å². The molecule has 0 atom stereocenters. The Kier molecular flexibility index (Phi) is 4.58. The van der Waals surface area contributed by atoms with Crippen molar-refractivity contribution in [1.29, 1.82) is 0 Å². The molecule has 1 aliphatic rings. The predicted octanol–water partition coefficient (Wildman–Crippen LogP) is 3.55. The number of rotatable bonds is 5. The number of anilines is 1. The number of hydrogen-bond acceptors (Lipinski definition) is 2. The van der Waals surface area contributed by atoms with Crippen LogP contribution in [0.2, 0.25) is 0 Å². The zero-order valence-corrected chi connectivity index (χ0v) is 14.9. The van der Waals surface area contributed by atoms with Crippen LogP contribution in [0.3, 0.4) is 0 Å². The minimum atomic E-state index is -0.0314. The standard InChI is InChI=1S/C20H25N3O/c1-14-12-23(15(2)16(14)9-7-11-22(3)4)13-18-17-8-5-6-10-19(17)21-20(18)24/h5-6,8,10,12-13H,7,9,11H2,1-4H3,(H,21,24). The minimum absolute atomic E-state index is 0.0314. The molecule has 0 unspecified atom stereocenters. The molecule has 0 fully saturated rings. The van der Waals surface area contributed by atoms with Gasteiger partial charge < -0.3 is 14.8 Å². The lowest BCUT2D eigenvalue weighted by molar-refractivity contribution is -0.110. The third kappa shape index (κ3) is 3.15. The number of nitrogens with one attached hydrogen (secondary N) is 1. The lowest BCUT2D eigenvalue weighted by atomic mass is 10.1. The molecular weight excluding hydrogens is 298 g/mol. The lowest BCUT2D eigenvalue weighted by Gasteiger charge is -2.09. The lowest BCUT2D eigenvalue weighted by Crippen LogP contribution is -2.13. The molecule has 0 bridgehead atoms. The number of amides is 1. The Morgan fingerprint density at radius 1 is 1.21 bits per heavy atom. The van der Waals surface area contributed by atoms with E-state index in [0.717, 1.165) is 36.2 Å². The zero-order valence-electron chi connectivity index (χ0n) is 14.9. The smallest absolute Gasteiger partial charge is 0.257 e. The highest BCUT2D eigenvalue weighted by molar-refractivity contribution is 6.34. The summed E-state index contributed by atoms with van der Waals surface area (Å²) in [5, 5.41) is 2.93. The van der Waals surface area contributed by atoms with E-state index in [1.165, 1.54) is 16.8 Å². The van der Waals surface area contributed by atoms with Crippen LogP contribution in [0.4, 0.5) is 5.69 Å². The van der Waals surface area contributed by atoms with Gasteiger partial charge in [0, 0.05) is 29.3 Å². The van der Waals surface area contributed by atoms with E-state index in [1.807, 2.05) is 30.5 Å². The first-order valence-corrected chi connectivity index (χ1v) is 8.41. The fourth-order valence-electron chi connectivity index (χ4n) is 3.31. The molecule has 1 aliphatic heterocycles. The minimum Gasteiger partial charge on any atom is -0.327 e. The van der Waals surface area contributed by atoms with Crippen molar-refractivity contribution >= 4 is 23.4 Å². The third-order valence-electron chi connectivity index (χ3n) is 4.64. The summed E-state index contributed by atoms with van der Waals surface area (Å²) in [6, 6.07) is 7.83. The highest BCUT2D eigenvalue weighted by Gasteiger charge is 2.24. The molecular formula is C20H25N3O. The van der Waals surface area contributed by atoms with E-state index in [0.29, 0.717) is 0 Å². The van der Waals surface area contributed by atoms with Crippen LogP contribution in [0, 0.1) is 13.8 Å². The molecule has 1 aromatic carbocycles. The molecule has 1 aromatic heterocycles. The number of para-hydroxylation sites is 1. The number of carbonyl (C=O) groups is 1. The maximum Gasteiger partial charge on any atom is 0.257 e.